The van der Waals surface area contributed by atoms with Crippen LogP contribution < -0.4 is 10.3 Å². The van der Waals surface area contributed by atoms with Gasteiger partial charge in [0.25, 0.3) is 5.56 Å². The minimum atomic E-state index is 0.0932. The molecule has 0 aliphatic carbocycles. The van der Waals surface area contributed by atoms with E-state index < -0.39 is 0 Å². The van der Waals surface area contributed by atoms with Crippen LogP contribution in [0.4, 0.5) is 0 Å². The van der Waals surface area contributed by atoms with Crippen LogP contribution in [0, 0.1) is 0 Å². The van der Waals surface area contributed by atoms with E-state index in [2.05, 4.69) is 4.90 Å². The summed E-state index contributed by atoms with van der Waals surface area (Å²) in [7, 11) is 0. The number of rotatable bonds is 5. The van der Waals surface area contributed by atoms with Crippen LogP contribution in [-0.2, 0) is 6.54 Å². The average Bonchev–Trinajstić information content (AvgIpc) is 2.54. The number of ether oxygens (including phenoxy) is 1. The second-order valence-electron chi connectivity index (χ2n) is 6.63. The van der Waals surface area contributed by atoms with Gasteiger partial charge in [-0.3, -0.25) is 4.79 Å². The molecule has 23 heavy (non-hydrogen) atoms. The lowest BCUT2D eigenvalue weighted by Gasteiger charge is -2.26. The summed E-state index contributed by atoms with van der Waals surface area (Å²) in [6, 6.07) is 7.73. The molecule has 1 fully saturated rings. The molecule has 0 spiro atoms. The fourth-order valence-corrected chi connectivity index (χ4v) is 3.22. The molecule has 0 amide bonds. The van der Waals surface area contributed by atoms with Crippen molar-refractivity contribution in [1.82, 2.24) is 9.47 Å². The maximum Gasteiger partial charge on any atom is 0.258 e. The van der Waals surface area contributed by atoms with Crippen LogP contribution in [0.25, 0.3) is 10.8 Å². The van der Waals surface area contributed by atoms with Gasteiger partial charge in [-0.2, -0.15) is 0 Å². The molecular weight excluding hydrogens is 288 g/mol. The highest BCUT2D eigenvalue weighted by molar-refractivity contribution is 5.82. The summed E-state index contributed by atoms with van der Waals surface area (Å²) in [5, 5.41) is 1.71. The van der Waals surface area contributed by atoms with E-state index in [1.807, 2.05) is 48.9 Å². The Labute approximate surface area is 137 Å². The highest BCUT2D eigenvalue weighted by Gasteiger charge is 2.11. The summed E-state index contributed by atoms with van der Waals surface area (Å²) >= 11 is 0. The van der Waals surface area contributed by atoms with Gasteiger partial charge in [-0.25, -0.2) is 0 Å². The van der Waals surface area contributed by atoms with Crippen LogP contribution in [0.3, 0.4) is 0 Å². The fraction of sp³-hybridized carbons (Fsp3) is 0.526. The van der Waals surface area contributed by atoms with Gasteiger partial charge in [0.2, 0.25) is 0 Å². The average molecular weight is 314 g/mol. The third kappa shape index (κ3) is 3.94. The Morgan fingerprint density at radius 2 is 1.87 bits per heavy atom. The maximum atomic E-state index is 12.6. The predicted octanol–water partition coefficient (Wildman–Crippen LogP) is 3.27. The van der Waals surface area contributed by atoms with E-state index in [0.29, 0.717) is 0 Å². The Kier molecular flexibility index (Phi) is 5.01. The van der Waals surface area contributed by atoms with E-state index in [1.54, 1.807) is 0 Å². The Bertz CT molecular complexity index is 715. The first-order chi connectivity index (χ1) is 11.1. The molecule has 0 radical (unpaired) electrons. The van der Waals surface area contributed by atoms with Gasteiger partial charge < -0.3 is 14.2 Å². The van der Waals surface area contributed by atoms with Crippen LogP contribution in [0.2, 0.25) is 0 Å². The van der Waals surface area contributed by atoms with Crippen molar-refractivity contribution in [3.63, 3.8) is 0 Å². The SMILES string of the molecule is CC(C)Oc1ccc2c(=O)n(CCN3CCCCC3)ccc2c1. The molecule has 3 rings (SSSR count). The third-order valence-corrected chi connectivity index (χ3v) is 4.43. The molecule has 1 saturated heterocycles. The van der Waals surface area contributed by atoms with Crippen molar-refractivity contribution in [2.45, 2.75) is 45.8 Å². The lowest BCUT2D eigenvalue weighted by atomic mass is 10.1. The number of hydrogen-bond acceptors (Lipinski definition) is 3. The summed E-state index contributed by atoms with van der Waals surface area (Å²) < 4.78 is 7.54. The second-order valence-corrected chi connectivity index (χ2v) is 6.63. The molecule has 2 aromatic rings. The molecule has 2 heterocycles. The van der Waals surface area contributed by atoms with Gasteiger partial charge in [-0.1, -0.05) is 6.42 Å². The number of pyridine rings is 1. The molecule has 1 aliphatic rings. The Morgan fingerprint density at radius 1 is 1.09 bits per heavy atom. The number of aromatic nitrogens is 1. The summed E-state index contributed by atoms with van der Waals surface area (Å²) in [5.74, 6) is 0.818. The third-order valence-electron chi connectivity index (χ3n) is 4.43. The number of piperidine rings is 1. The zero-order valence-corrected chi connectivity index (χ0v) is 14.1. The van der Waals surface area contributed by atoms with E-state index >= 15 is 0 Å². The number of likely N-dealkylation sites (tertiary alicyclic amines) is 1. The molecule has 4 nitrogen and oxygen atoms in total. The fourth-order valence-electron chi connectivity index (χ4n) is 3.22. The van der Waals surface area contributed by atoms with Crippen LogP contribution in [-0.4, -0.2) is 35.2 Å². The molecule has 1 aromatic carbocycles. The van der Waals surface area contributed by atoms with Gasteiger partial charge in [-0.15, -0.1) is 0 Å². The molecule has 1 aromatic heterocycles. The van der Waals surface area contributed by atoms with Crippen molar-refractivity contribution in [2.75, 3.05) is 19.6 Å². The molecule has 0 atom stereocenters. The molecular formula is C19H26N2O2. The maximum absolute atomic E-state index is 12.6. The molecule has 124 valence electrons. The second kappa shape index (κ2) is 7.18. The lowest BCUT2D eigenvalue weighted by molar-refractivity contribution is 0.220. The predicted molar refractivity (Wildman–Crippen MR) is 94.3 cm³/mol. The van der Waals surface area contributed by atoms with E-state index in [1.165, 1.54) is 19.3 Å². The first-order valence-corrected chi connectivity index (χ1v) is 8.66. The van der Waals surface area contributed by atoms with Gasteiger partial charge in [0, 0.05) is 24.7 Å². The Hall–Kier alpha value is -1.81. The van der Waals surface area contributed by atoms with Gasteiger partial charge >= 0.3 is 0 Å². The van der Waals surface area contributed by atoms with E-state index in [0.717, 1.165) is 42.7 Å². The van der Waals surface area contributed by atoms with Crippen LogP contribution in [0.5, 0.6) is 5.75 Å². The summed E-state index contributed by atoms with van der Waals surface area (Å²) in [6.07, 6.45) is 5.95. The Morgan fingerprint density at radius 3 is 2.61 bits per heavy atom. The van der Waals surface area contributed by atoms with E-state index in [4.69, 9.17) is 4.74 Å². The largest absolute Gasteiger partial charge is 0.491 e. The molecule has 0 bridgehead atoms. The lowest BCUT2D eigenvalue weighted by Crippen LogP contribution is -2.34. The molecule has 0 saturated carbocycles. The van der Waals surface area contributed by atoms with Crippen molar-refractivity contribution < 1.29 is 4.74 Å². The summed E-state index contributed by atoms with van der Waals surface area (Å²) in [6.45, 7) is 8.06. The van der Waals surface area contributed by atoms with Gasteiger partial charge in [0.05, 0.1) is 6.10 Å². The van der Waals surface area contributed by atoms with Gasteiger partial charge in [0.1, 0.15) is 5.75 Å². The van der Waals surface area contributed by atoms with Gasteiger partial charge in [0.15, 0.2) is 0 Å². The van der Waals surface area contributed by atoms with Crippen molar-refractivity contribution >= 4 is 10.8 Å². The first-order valence-electron chi connectivity index (χ1n) is 8.66. The highest BCUT2D eigenvalue weighted by atomic mass is 16.5. The van der Waals surface area contributed by atoms with E-state index in [9.17, 15) is 4.79 Å². The normalized spacial score (nSPS) is 16.1. The highest BCUT2D eigenvalue weighted by Crippen LogP contribution is 2.19. The van der Waals surface area contributed by atoms with Crippen molar-refractivity contribution in [3.05, 3.63) is 40.8 Å². The van der Waals surface area contributed by atoms with Gasteiger partial charge in [-0.05, 0) is 69.4 Å². The van der Waals surface area contributed by atoms with Crippen LogP contribution in [0.15, 0.2) is 35.3 Å². The van der Waals surface area contributed by atoms with Crippen LogP contribution in [0.1, 0.15) is 33.1 Å². The summed E-state index contributed by atoms with van der Waals surface area (Å²) in [4.78, 5) is 15.1. The Balaban J connectivity index is 1.77. The molecule has 4 heteroatoms. The minimum Gasteiger partial charge on any atom is -0.491 e. The monoisotopic (exact) mass is 314 g/mol. The first kappa shape index (κ1) is 16.1. The molecule has 1 aliphatic heterocycles. The van der Waals surface area contributed by atoms with Crippen LogP contribution >= 0.6 is 0 Å². The summed E-state index contributed by atoms with van der Waals surface area (Å²) in [5.41, 5.74) is 0.0932. The van der Waals surface area contributed by atoms with Crippen molar-refractivity contribution in [1.29, 1.82) is 0 Å². The molecule has 0 N–H and O–H groups in total. The minimum absolute atomic E-state index is 0.0932. The zero-order chi connectivity index (χ0) is 16.2. The van der Waals surface area contributed by atoms with Crippen molar-refractivity contribution in [3.8, 4) is 5.75 Å². The standard InChI is InChI=1S/C19H26N2O2/c1-15(2)23-17-6-7-18-16(14-17)8-11-21(19(18)22)13-12-20-9-4-3-5-10-20/h6-8,11,14-15H,3-5,9-10,12-13H2,1-2H3. The van der Waals surface area contributed by atoms with E-state index in [-0.39, 0.29) is 11.7 Å². The number of hydrogen-bond donors (Lipinski definition) is 0. The quantitative estimate of drug-likeness (QED) is 0.849. The molecule has 0 unspecified atom stereocenters. The topological polar surface area (TPSA) is 34.5 Å². The number of nitrogens with zero attached hydrogens (tertiary/aromatic N) is 2. The number of fused-ring (bicyclic) bond motifs is 1. The van der Waals surface area contributed by atoms with Crippen molar-refractivity contribution in [2.24, 2.45) is 0 Å². The number of benzene rings is 1. The zero-order valence-electron chi connectivity index (χ0n) is 14.1. The smallest absolute Gasteiger partial charge is 0.258 e.